The van der Waals surface area contributed by atoms with Crippen molar-refractivity contribution in [2.45, 2.75) is 33.0 Å². The number of esters is 1. The lowest BCUT2D eigenvalue weighted by atomic mass is 9.98. The monoisotopic (exact) mass is 238 g/mol. The largest absolute Gasteiger partial charge is 0.464 e. The van der Waals surface area contributed by atoms with Crippen LogP contribution in [0.2, 0.25) is 0 Å². The predicted molar refractivity (Wildman–Crippen MR) is 63.5 cm³/mol. The number of aliphatic hydroxyl groups excluding tert-OH is 2. The topological polar surface area (TPSA) is 66.8 Å². The second kappa shape index (κ2) is 5.80. The number of ether oxygens (including phenoxy) is 1. The first kappa shape index (κ1) is 13.7. The number of hydrogen-bond acceptors (Lipinski definition) is 4. The normalized spacial score (nSPS) is 14.2. The van der Waals surface area contributed by atoms with Gasteiger partial charge in [-0.25, -0.2) is 4.79 Å². The van der Waals surface area contributed by atoms with Crippen molar-refractivity contribution in [2.75, 3.05) is 6.61 Å². The van der Waals surface area contributed by atoms with E-state index in [0.29, 0.717) is 5.56 Å². The Labute approximate surface area is 101 Å². The van der Waals surface area contributed by atoms with Crippen LogP contribution in [0.15, 0.2) is 18.2 Å². The SMILES string of the molecule is CCOC(=O)C(O)C(O)c1ccc(C)cc1C. The van der Waals surface area contributed by atoms with Gasteiger partial charge in [-0.3, -0.25) is 0 Å². The fraction of sp³-hybridized carbons (Fsp3) is 0.462. The van der Waals surface area contributed by atoms with Crippen LogP contribution < -0.4 is 0 Å². The van der Waals surface area contributed by atoms with E-state index in [4.69, 9.17) is 0 Å². The zero-order valence-electron chi connectivity index (χ0n) is 10.3. The van der Waals surface area contributed by atoms with Gasteiger partial charge < -0.3 is 14.9 Å². The lowest BCUT2D eigenvalue weighted by molar-refractivity contribution is -0.159. The van der Waals surface area contributed by atoms with E-state index in [2.05, 4.69) is 4.74 Å². The molecule has 4 nitrogen and oxygen atoms in total. The summed E-state index contributed by atoms with van der Waals surface area (Å²) in [5.41, 5.74) is 2.43. The van der Waals surface area contributed by atoms with Crippen molar-refractivity contribution in [1.82, 2.24) is 0 Å². The Morgan fingerprint density at radius 3 is 2.53 bits per heavy atom. The third-order valence-corrected chi connectivity index (χ3v) is 2.57. The molecule has 0 aliphatic rings. The van der Waals surface area contributed by atoms with Crippen LogP contribution in [0.5, 0.6) is 0 Å². The van der Waals surface area contributed by atoms with Crippen LogP contribution >= 0.6 is 0 Å². The molecule has 94 valence electrons. The zero-order chi connectivity index (χ0) is 13.0. The fourth-order valence-electron chi connectivity index (χ4n) is 1.68. The minimum atomic E-state index is -1.55. The molecule has 1 rings (SSSR count). The third-order valence-electron chi connectivity index (χ3n) is 2.57. The first-order valence-corrected chi connectivity index (χ1v) is 5.57. The van der Waals surface area contributed by atoms with Gasteiger partial charge in [0.05, 0.1) is 6.61 Å². The van der Waals surface area contributed by atoms with Crippen molar-refractivity contribution in [1.29, 1.82) is 0 Å². The summed E-state index contributed by atoms with van der Waals surface area (Å²) in [5, 5.41) is 19.5. The summed E-state index contributed by atoms with van der Waals surface area (Å²) in [6, 6.07) is 5.41. The zero-order valence-corrected chi connectivity index (χ0v) is 10.3. The highest BCUT2D eigenvalue weighted by Gasteiger charge is 2.27. The number of rotatable bonds is 4. The first-order valence-electron chi connectivity index (χ1n) is 5.57. The molecule has 0 fully saturated rings. The van der Waals surface area contributed by atoms with E-state index >= 15 is 0 Å². The molecule has 0 aromatic heterocycles. The molecule has 0 amide bonds. The van der Waals surface area contributed by atoms with Crippen LogP contribution in [-0.4, -0.2) is 28.9 Å². The maximum Gasteiger partial charge on any atom is 0.338 e. The Morgan fingerprint density at radius 1 is 1.35 bits per heavy atom. The molecule has 0 saturated heterocycles. The Kier molecular flexibility index (Phi) is 4.66. The highest BCUT2D eigenvalue weighted by molar-refractivity contribution is 5.75. The Bertz CT molecular complexity index is 400. The van der Waals surface area contributed by atoms with Gasteiger partial charge in [0, 0.05) is 0 Å². The average Bonchev–Trinajstić information content (AvgIpc) is 2.27. The van der Waals surface area contributed by atoms with Gasteiger partial charge in [0.2, 0.25) is 0 Å². The van der Waals surface area contributed by atoms with Gasteiger partial charge >= 0.3 is 5.97 Å². The van der Waals surface area contributed by atoms with E-state index in [0.717, 1.165) is 11.1 Å². The van der Waals surface area contributed by atoms with Gasteiger partial charge in [-0.05, 0) is 31.9 Å². The molecule has 2 unspecified atom stereocenters. The van der Waals surface area contributed by atoms with E-state index in [1.165, 1.54) is 0 Å². The molecule has 0 saturated carbocycles. The second-order valence-electron chi connectivity index (χ2n) is 4.00. The van der Waals surface area contributed by atoms with Gasteiger partial charge in [0.15, 0.2) is 6.10 Å². The minimum Gasteiger partial charge on any atom is -0.464 e. The lowest BCUT2D eigenvalue weighted by Gasteiger charge is -2.18. The molecule has 0 radical (unpaired) electrons. The number of carbonyl (C=O) groups excluding carboxylic acids is 1. The summed E-state index contributed by atoms with van der Waals surface area (Å²) >= 11 is 0. The minimum absolute atomic E-state index is 0.176. The molecule has 0 heterocycles. The smallest absolute Gasteiger partial charge is 0.338 e. The molecule has 1 aromatic carbocycles. The Morgan fingerprint density at radius 2 is 2.00 bits per heavy atom. The van der Waals surface area contributed by atoms with Crippen LogP contribution in [0.25, 0.3) is 0 Å². The Hall–Kier alpha value is -1.39. The van der Waals surface area contributed by atoms with Crippen molar-refractivity contribution in [3.8, 4) is 0 Å². The quantitative estimate of drug-likeness (QED) is 0.775. The maximum absolute atomic E-state index is 11.3. The van der Waals surface area contributed by atoms with Crippen LogP contribution in [0.4, 0.5) is 0 Å². The number of benzene rings is 1. The van der Waals surface area contributed by atoms with Crippen molar-refractivity contribution in [2.24, 2.45) is 0 Å². The summed E-state index contributed by atoms with van der Waals surface area (Å²) in [7, 11) is 0. The van der Waals surface area contributed by atoms with E-state index in [9.17, 15) is 15.0 Å². The molecule has 1 aromatic rings. The summed E-state index contributed by atoms with van der Waals surface area (Å²) in [6.07, 6.45) is -2.80. The van der Waals surface area contributed by atoms with Crippen molar-refractivity contribution >= 4 is 5.97 Å². The standard InChI is InChI=1S/C13H18O4/c1-4-17-13(16)12(15)11(14)10-6-5-8(2)7-9(10)3/h5-7,11-12,14-15H,4H2,1-3H3. The van der Waals surface area contributed by atoms with Crippen LogP contribution in [0.1, 0.15) is 29.7 Å². The average molecular weight is 238 g/mol. The van der Waals surface area contributed by atoms with E-state index in [1.807, 2.05) is 26.0 Å². The van der Waals surface area contributed by atoms with Crippen LogP contribution in [-0.2, 0) is 9.53 Å². The highest BCUT2D eigenvalue weighted by Crippen LogP contribution is 2.22. The lowest BCUT2D eigenvalue weighted by Crippen LogP contribution is -2.30. The number of aliphatic hydroxyl groups is 2. The van der Waals surface area contributed by atoms with E-state index < -0.39 is 18.2 Å². The summed E-state index contributed by atoms with van der Waals surface area (Å²) in [6.45, 7) is 5.58. The highest BCUT2D eigenvalue weighted by atomic mass is 16.5. The van der Waals surface area contributed by atoms with Crippen molar-refractivity contribution in [3.05, 3.63) is 34.9 Å². The van der Waals surface area contributed by atoms with Gasteiger partial charge in [-0.1, -0.05) is 23.8 Å². The summed E-state index contributed by atoms with van der Waals surface area (Å²) in [4.78, 5) is 11.3. The number of hydrogen-bond donors (Lipinski definition) is 2. The molecule has 4 heteroatoms. The van der Waals surface area contributed by atoms with Gasteiger partial charge in [0.25, 0.3) is 0 Å². The molecule has 0 spiro atoms. The second-order valence-corrected chi connectivity index (χ2v) is 4.00. The van der Waals surface area contributed by atoms with Gasteiger partial charge in [-0.15, -0.1) is 0 Å². The van der Waals surface area contributed by atoms with Crippen LogP contribution in [0.3, 0.4) is 0 Å². The first-order chi connectivity index (χ1) is 7.97. The molecular formula is C13H18O4. The van der Waals surface area contributed by atoms with Gasteiger partial charge in [-0.2, -0.15) is 0 Å². The fourth-order valence-corrected chi connectivity index (χ4v) is 1.68. The molecule has 0 aliphatic carbocycles. The Balaban J connectivity index is 2.88. The van der Waals surface area contributed by atoms with Crippen LogP contribution in [0, 0.1) is 13.8 Å². The van der Waals surface area contributed by atoms with Gasteiger partial charge in [0.1, 0.15) is 6.10 Å². The molecule has 0 bridgehead atoms. The number of carbonyl (C=O) groups is 1. The van der Waals surface area contributed by atoms with Crippen molar-refractivity contribution in [3.63, 3.8) is 0 Å². The summed E-state index contributed by atoms with van der Waals surface area (Å²) in [5.74, 6) is -0.806. The molecular weight excluding hydrogens is 220 g/mol. The number of aryl methyl sites for hydroxylation is 2. The van der Waals surface area contributed by atoms with E-state index in [1.54, 1.807) is 13.0 Å². The maximum atomic E-state index is 11.3. The summed E-state index contributed by atoms with van der Waals surface area (Å²) < 4.78 is 4.66. The molecule has 2 N–H and O–H groups in total. The van der Waals surface area contributed by atoms with Crippen molar-refractivity contribution < 1.29 is 19.7 Å². The predicted octanol–water partition coefficient (Wildman–Crippen LogP) is 1.26. The third kappa shape index (κ3) is 3.28. The molecule has 2 atom stereocenters. The molecule has 17 heavy (non-hydrogen) atoms. The molecule has 0 aliphatic heterocycles. The van der Waals surface area contributed by atoms with E-state index in [-0.39, 0.29) is 6.61 Å².